The first-order chi connectivity index (χ1) is 12.7. The number of nitrogens with one attached hydrogen (secondary N) is 1. The molecule has 3 aromatic rings. The lowest BCUT2D eigenvalue weighted by molar-refractivity contribution is 0.0946. The Kier molecular flexibility index (Phi) is 4.52. The van der Waals surface area contributed by atoms with E-state index in [1.165, 1.54) is 24.0 Å². The van der Waals surface area contributed by atoms with Gasteiger partial charge in [-0.1, -0.05) is 35.0 Å². The number of fused-ring (bicyclic) bond motifs is 1. The highest BCUT2D eigenvalue weighted by Crippen LogP contribution is 2.22. The molecule has 132 valence electrons. The van der Waals surface area contributed by atoms with Gasteiger partial charge in [-0.3, -0.25) is 4.79 Å². The quantitative estimate of drug-likeness (QED) is 0.778. The number of benzene rings is 2. The van der Waals surface area contributed by atoms with Gasteiger partial charge < -0.3 is 9.84 Å². The highest BCUT2D eigenvalue weighted by atomic mass is 16.5. The summed E-state index contributed by atoms with van der Waals surface area (Å²) >= 11 is 0. The van der Waals surface area contributed by atoms with Crippen molar-refractivity contribution in [2.75, 3.05) is 0 Å². The standard InChI is InChI=1S/C21H21N3O2/c1-14-5-4-8-17(11-14)20-23-19(26-24-20)13-22-21(25)18-10-9-15-6-2-3-7-16(15)12-18/h4-5,8-12H,2-3,6-7,13H2,1H3,(H,22,25). The zero-order chi connectivity index (χ0) is 17.9. The van der Waals surface area contributed by atoms with Crippen molar-refractivity contribution < 1.29 is 9.32 Å². The van der Waals surface area contributed by atoms with Gasteiger partial charge in [-0.15, -0.1) is 0 Å². The van der Waals surface area contributed by atoms with Gasteiger partial charge in [-0.05, 0) is 61.9 Å². The van der Waals surface area contributed by atoms with Gasteiger partial charge in [0.05, 0.1) is 6.54 Å². The molecule has 5 heteroatoms. The molecule has 4 rings (SSSR count). The number of nitrogens with zero attached hydrogens (tertiary/aromatic N) is 2. The molecule has 26 heavy (non-hydrogen) atoms. The van der Waals surface area contributed by atoms with Crippen LogP contribution in [-0.2, 0) is 19.4 Å². The molecule has 1 aliphatic carbocycles. The van der Waals surface area contributed by atoms with E-state index in [-0.39, 0.29) is 12.5 Å². The fourth-order valence-electron chi connectivity index (χ4n) is 3.36. The molecule has 0 unspecified atom stereocenters. The Hall–Kier alpha value is -2.95. The Morgan fingerprint density at radius 2 is 1.96 bits per heavy atom. The summed E-state index contributed by atoms with van der Waals surface area (Å²) < 4.78 is 5.26. The maximum absolute atomic E-state index is 12.4. The van der Waals surface area contributed by atoms with E-state index < -0.39 is 0 Å². The Balaban J connectivity index is 1.42. The first kappa shape index (κ1) is 16.5. The fourth-order valence-corrected chi connectivity index (χ4v) is 3.36. The molecular weight excluding hydrogens is 326 g/mol. The third-order valence-corrected chi connectivity index (χ3v) is 4.76. The molecule has 0 saturated carbocycles. The lowest BCUT2D eigenvalue weighted by Crippen LogP contribution is -2.23. The fraction of sp³-hybridized carbons (Fsp3) is 0.286. The minimum Gasteiger partial charge on any atom is -0.343 e. The van der Waals surface area contributed by atoms with Crippen LogP contribution in [0.4, 0.5) is 0 Å². The summed E-state index contributed by atoms with van der Waals surface area (Å²) in [4.78, 5) is 16.8. The Labute approximate surface area is 152 Å². The molecule has 0 radical (unpaired) electrons. The van der Waals surface area contributed by atoms with E-state index in [0.29, 0.717) is 17.3 Å². The van der Waals surface area contributed by atoms with Gasteiger partial charge in [0.25, 0.3) is 5.91 Å². The highest BCUT2D eigenvalue weighted by Gasteiger charge is 2.14. The minimum atomic E-state index is -0.117. The number of aryl methyl sites for hydroxylation is 3. The minimum absolute atomic E-state index is 0.117. The van der Waals surface area contributed by atoms with Gasteiger partial charge in [0, 0.05) is 11.1 Å². The molecule has 1 heterocycles. The van der Waals surface area contributed by atoms with E-state index >= 15 is 0 Å². The Morgan fingerprint density at radius 3 is 2.81 bits per heavy atom. The molecule has 1 aliphatic rings. The van der Waals surface area contributed by atoms with E-state index in [9.17, 15) is 4.79 Å². The molecule has 1 N–H and O–H groups in total. The molecule has 1 amide bonds. The van der Waals surface area contributed by atoms with Gasteiger partial charge in [0.1, 0.15) is 0 Å². The second-order valence-corrected chi connectivity index (χ2v) is 6.75. The normalized spacial score (nSPS) is 13.3. The first-order valence-corrected chi connectivity index (χ1v) is 8.99. The van der Waals surface area contributed by atoms with Crippen molar-refractivity contribution >= 4 is 5.91 Å². The lowest BCUT2D eigenvalue weighted by Gasteiger charge is -2.16. The molecule has 0 saturated heterocycles. The van der Waals surface area contributed by atoms with E-state index in [1.54, 1.807) is 0 Å². The summed E-state index contributed by atoms with van der Waals surface area (Å²) in [5, 5.41) is 6.86. The van der Waals surface area contributed by atoms with E-state index in [2.05, 4.69) is 21.5 Å². The third-order valence-electron chi connectivity index (χ3n) is 4.76. The van der Waals surface area contributed by atoms with Crippen LogP contribution in [0.15, 0.2) is 47.0 Å². The summed E-state index contributed by atoms with van der Waals surface area (Å²) in [6.07, 6.45) is 4.60. The lowest BCUT2D eigenvalue weighted by atomic mass is 9.90. The van der Waals surface area contributed by atoms with Crippen LogP contribution in [0.2, 0.25) is 0 Å². The van der Waals surface area contributed by atoms with Crippen LogP contribution in [0.5, 0.6) is 0 Å². The van der Waals surface area contributed by atoms with Gasteiger partial charge in [0.15, 0.2) is 0 Å². The third kappa shape index (κ3) is 3.52. The van der Waals surface area contributed by atoms with Crippen molar-refractivity contribution in [3.8, 4) is 11.4 Å². The van der Waals surface area contributed by atoms with Gasteiger partial charge in [-0.2, -0.15) is 4.98 Å². The van der Waals surface area contributed by atoms with Crippen LogP contribution in [0.25, 0.3) is 11.4 Å². The van der Waals surface area contributed by atoms with Crippen molar-refractivity contribution in [1.82, 2.24) is 15.5 Å². The van der Waals surface area contributed by atoms with Crippen LogP contribution >= 0.6 is 0 Å². The van der Waals surface area contributed by atoms with Crippen molar-refractivity contribution in [2.45, 2.75) is 39.2 Å². The summed E-state index contributed by atoms with van der Waals surface area (Å²) in [5.41, 5.74) is 5.38. The summed E-state index contributed by atoms with van der Waals surface area (Å²) in [5.74, 6) is 0.813. The number of carbonyl (C=O) groups is 1. The molecule has 5 nitrogen and oxygen atoms in total. The number of amides is 1. The number of aromatic nitrogens is 2. The predicted molar refractivity (Wildman–Crippen MR) is 98.7 cm³/mol. The highest BCUT2D eigenvalue weighted by molar-refractivity contribution is 5.94. The molecule has 0 bridgehead atoms. The monoisotopic (exact) mass is 347 g/mol. The average molecular weight is 347 g/mol. The number of rotatable bonds is 4. The van der Waals surface area contributed by atoms with Crippen LogP contribution in [0.1, 0.15) is 45.8 Å². The van der Waals surface area contributed by atoms with E-state index in [0.717, 1.165) is 24.0 Å². The number of hydrogen-bond acceptors (Lipinski definition) is 4. The summed E-state index contributed by atoms with van der Waals surface area (Å²) in [6.45, 7) is 2.23. The zero-order valence-corrected chi connectivity index (χ0v) is 14.8. The van der Waals surface area contributed by atoms with Crippen molar-refractivity contribution in [3.63, 3.8) is 0 Å². The maximum atomic E-state index is 12.4. The average Bonchev–Trinajstić information content (AvgIpc) is 3.15. The zero-order valence-electron chi connectivity index (χ0n) is 14.8. The molecule has 0 atom stereocenters. The van der Waals surface area contributed by atoms with Crippen LogP contribution in [0, 0.1) is 6.92 Å². The molecule has 2 aromatic carbocycles. The number of hydrogen-bond donors (Lipinski definition) is 1. The van der Waals surface area contributed by atoms with Gasteiger partial charge in [0.2, 0.25) is 11.7 Å². The smallest absolute Gasteiger partial charge is 0.251 e. The van der Waals surface area contributed by atoms with Gasteiger partial charge >= 0.3 is 0 Å². The van der Waals surface area contributed by atoms with Crippen molar-refractivity contribution in [3.05, 3.63) is 70.6 Å². The predicted octanol–water partition coefficient (Wildman–Crippen LogP) is 3.85. The SMILES string of the molecule is Cc1cccc(-c2noc(CNC(=O)c3ccc4c(c3)CCCC4)n2)c1. The van der Waals surface area contributed by atoms with E-state index in [4.69, 9.17) is 4.52 Å². The molecule has 0 spiro atoms. The van der Waals surface area contributed by atoms with E-state index in [1.807, 2.05) is 43.3 Å². The molecular formula is C21H21N3O2. The van der Waals surface area contributed by atoms with Crippen molar-refractivity contribution in [1.29, 1.82) is 0 Å². The Bertz CT molecular complexity index is 946. The van der Waals surface area contributed by atoms with Crippen LogP contribution in [-0.4, -0.2) is 16.0 Å². The number of carbonyl (C=O) groups excluding carboxylic acids is 1. The first-order valence-electron chi connectivity index (χ1n) is 8.99. The summed E-state index contributed by atoms with van der Waals surface area (Å²) in [6, 6.07) is 13.9. The Morgan fingerprint density at radius 1 is 1.12 bits per heavy atom. The molecule has 0 aliphatic heterocycles. The van der Waals surface area contributed by atoms with Crippen LogP contribution in [0.3, 0.4) is 0 Å². The molecule has 0 fully saturated rings. The largest absolute Gasteiger partial charge is 0.343 e. The second-order valence-electron chi connectivity index (χ2n) is 6.75. The second kappa shape index (κ2) is 7.12. The molecule has 1 aromatic heterocycles. The van der Waals surface area contributed by atoms with Gasteiger partial charge in [-0.25, -0.2) is 0 Å². The van der Waals surface area contributed by atoms with Crippen LogP contribution < -0.4 is 5.32 Å². The van der Waals surface area contributed by atoms with Crippen molar-refractivity contribution in [2.24, 2.45) is 0 Å². The summed E-state index contributed by atoms with van der Waals surface area (Å²) in [7, 11) is 0. The maximum Gasteiger partial charge on any atom is 0.251 e. The topological polar surface area (TPSA) is 68.0 Å².